The summed E-state index contributed by atoms with van der Waals surface area (Å²) in [4.78, 5) is 14.2. The van der Waals surface area contributed by atoms with E-state index < -0.39 is 0 Å². The quantitative estimate of drug-likeness (QED) is 0.644. The summed E-state index contributed by atoms with van der Waals surface area (Å²) >= 11 is 0. The van der Waals surface area contributed by atoms with Crippen LogP contribution < -0.4 is 4.90 Å². The molecule has 5 heteroatoms. The van der Waals surface area contributed by atoms with Crippen molar-refractivity contribution in [3.63, 3.8) is 0 Å². The van der Waals surface area contributed by atoms with E-state index in [9.17, 15) is 0 Å². The topological polar surface area (TPSA) is 65.8 Å². The van der Waals surface area contributed by atoms with Crippen LogP contribution in [0.3, 0.4) is 0 Å². The number of nitrogens with zero attached hydrogens (tertiary/aromatic N) is 4. The minimum Gasteiger partial charge on any atom is -0.313 e. The number of aromatic nitrogens is 3. The molecule has 0 fully saturated rings. The highest BCUT2D eigenvalue weighted by Gasteiger charge is 2.12. The molecule has 2 aromatic rings. The first-order chi connectivity index (χ1) is 8.58. The van der Waals surface area contributed by atoms with E-state index in [0.717, 1.165) is 17.1 Å². The van der Waals surface area contributed by atoms with Crippen LogP contribution in [0.4, 0.5) is 5.82 Å². The van der Waals surface area contributed by atoms with Crippen molar-refractivity contribution in [2.24, 2.45) is 0 Å². The van der Waals surface area contributed by atoms with Crippen molar-refractivity contribution in [3.8, 4) is 0 Å². The summed E-state index contributed by atoms with van der Waals surface area (Å²) in [5.41, 5.74) is 2.58. The average molecular weight is 241 g/mol. The van der Waals surface area contributed by atoms with Gasteiger partial charge in [-0.05, 0) is 31.5 Å². The van der Waals surface area contributed by atoms with Gasteiger partial charge in [0.2, 0.25) is 0 Å². The standard InChI is InChI=1S/C13H15N5/c1-9-6-10(2)17-12(7-9)18(3)13(14)11-8-15-4-5-16-11/h4-8,14H,1-3H3. The Balaban J connectivity index is 2.31. The molecule has 5 nitrogen and oxygen atoms in total. The minimum absolute atomic E-state index is 0.278. The molecule has 18 heavy (non-hydrogen) atoms. The first-order valence-electron chi connectivity index (χ1n) is 5.62. The van der Waals surface area contributed by atoms with Crippen molar-refractivity contribution >= 4 is 11.7 Å². The maximum absolute atomic E-state index is 8.10. The Morgan fingerprint density at radius 3 is 2.61 bits per heavy atom. The third-order valence-electron chi connectivity index (χ3n) is 2.57. The van der Waals surface area contributed by atoms with E-state index in [0.29, 0.717) is 5.69 Å². The molecule has 2 heterocycles. The Morgan fingerprint density at radius 1 is 1.22 bits per heavy atom. The average Bonchev–Trinajstić information content (AvgIpc) is 2.37. The zero-order chi connectivity index (χ0) is 13.1. The number of amidine groups is 1. The Morgan fingerprint density at radius 2 is 2.00 bits per heavy atom. The van der Waals surface area contributed by atoms with Crippen molar-refractivity contribution in [1.82, 2.24) is 15.0 Å². The predicted molar refractivity (Wildman–Crippen MR) is 71.0 cm³/mol. The second-order valence-corrected chi connectivity index (χ2v) is 4.14. The SMILES string of the molecule is Cc1cc(C)nc(N(C)C(=N)c2cnccn2)c1. The van der Waals surface area contributed by atoms with Crippen LogP contribution in [-0.2, 0) is 0 Å². The molecule has 2 aromatic heterocycles. The van der Waals surface area contributed by atoms with E-state index >= 15 is 0 Å². The van der Waals surface area contributed by atoms with E-state index in [1.165, 1.54) is 0 Å². The van der Waals surface area contributed by atoms with Crippen LogP contribution in [0.1, 0.15) is 17.0 Å². The Hall–Kier alpha value is -2.30. The van der Waals surface area contributed by atoms with Gasteiger partial charge in [-0.25, -0.2) is 9.97 Å². The number of hydrogen-bond donors (Lipinski definition) is 1. The molecule has 0 aliphatic heterocycles. The molecule has 0 aliphatic carbocycles. The highest BCUT2D eigenvalue weighted by Crippen LogP contribution is 2.14. The second kappa shape index (κ2) is 4.91. The molecule has 0 aliphatic rings. The Kier molecular flexibility index (Phi) is 3.32. The van der Waals surface area contributed by atoms with Crippen molar-refractivity contribution in [2.75, 3.05) is 11.9 Å². The van der Waals surface area contributed by atoms with Gasteiger partial charge < -0.3 is 4.90 Å². The summed E-state index contributed by atoms with van der Waals surface area (Å²) in [6.45, 7) is 3.95. The molecule has 0 bridgehead atoms. The molecule has 1 N–H and O–H groups in total. The number of rotatable bonds is 2. The van der Waals surface area contributed by atoms with Crippen molar-refractivity contribution in [1.29, 1.82) is 5.41 Å². The highest BCUT2D eigenvalue weighted by atomic mass is 15.2. The predicted octanol–water partition coefficient (Wildman–Crippen LogP) is 1.95. The van der Waals surface area contributed by atoms with Gasteiger partial charge in [0.25, 0.3) is 0 Å². The van der Waals surface area contributed by atoms with Crippen molar-refractivity contribution in [2.45, 2.75) is 13.8 Å². The zero-order valence-corrected chi connectivity index (χ0v) is 10.7. The lowest BCUT2D eigenvalue weighted by Gasteiger charge is -2.19. The third-order valence-corrected chi connectivity index (χ3v) is 2.57. The second-order valence-electron chi connectivity index (χ2n) is 4.14. The molecule has 0 saturated carbocycles. The van der Waals surface area contributed by atoms with E-state index in [4.69, 9.17) is 5.41 Å². The van der Waals surface area contributed by atoms with Crippen LogP contribution in [0.5, 0.6) is 0 Å². The molecule has 0 spiro atoms. The maximum atomic E-state index is 8.10. The lowest BCUT2D eigenvalue weighted by atomic mass is 10.2. The lowest BCUT2D eigenvalue weighted by molar-refractivity contribution is 1.07. The largest absolute Gasteiger partial charge is 0.313 e. The lowest BCUT2D eigenvalue weighted by Crippen LogP contribution is -2.28. The number of aryl methyl sites for hydroxylation is 2. The minimum atomic E-state index is 0.278. The van der Waals surface area contributed by atoms with Gasteiger partial charge in [0.05, 0.1) is 6.20 Å². The van der Waals surface area contributed by atoms with Gasteiger partial charge in [0, 0.05) is 25.1 Å². The summed E-state index contributed by atoms with van der Waals surface area (Å²) in [6, 6.07) is 3.95. The van der Waals surface area contributed by atoms with E-state index in [-0.39, 0.29) is 5.84 Å². The van der Waals surface area contributed by atoms with Crippen LogP contribution in [0.25, 0.3) is 0 Å². The number of hydrogen-bond acceptors (Lipinski definition) is 4. The highest BCUT2D eigenvalue weighted by molar-refractivity contribution is 6.05. The third kappa shape index (κ3) is 2.51. The van der Waals surface area contributed by atoms with Gasteiger partial charge in [-0.3, -0.25) is 10.4 Å². The summed E-state index contributed by atoms with van der Waals surface area (Å²) in [5, 5.41) is 8.10. The van der Waals surface area contributed by atoms with Gasteiger partial charge in [-0.1, -0.05) is 0 Å². The summed E-state index contributed by atoms with van der Waals surface area (Å²) < 4.78 is 0. The van der Waals surface area contributed by atoms with E-state index in [1.54, 1.807) is 30.5 Å². The fraction of sp³-hybridized carbons (Fsp3) is 0.231. The fourth-order valence-corrected chi connectivity index (χ4v) is 1.70. The molecule has 0 aromatic carbocycles. The molecule has 92 valence electrons. The van der Waals surface area contributed by atoms with Gasteiger partial charge in [0.1, 0.15) is 11.5 Å². The van der Waals surface area contributed by atoms with Crippen molar-refractivity contribution < 1.29 is 0 Å². The van der Waals surface area contributed by atoms with Gasteiger partial charge in [-0.2, -0.15) is 0 Å². The van der Waals surface area contributed by atoms with Gasteiger partial charge >= 0.3 is 0 Å². The van der Waals surface area contributed by atoms with E-state index in [1.807, 2.05) is 26.0 Å². The van der Waals surface area contributed by atoms with Crippen LogP contribution in [0, 0.1) is 19.3 Å². The Bertz CT molecular complexity index is 545. The van der Waals surface area contributed by atoms with Crippen LogP contribution in [0.15, 0.2) is 30.7 Å². The van der Waals surface area contributed by atoms with E-state index in [2.05, 4.69) is 15.0 Å². The maximum Gasteiger partial charge on any atom is 0.154 e. The smallest absolute Gasteiger partial charge is 0.154 e. The molecular weight excluding hydrogens is 226 g/mol. The number of pyridine rings is 1. The first kappa shape index (κ1) is 12.2. The van der Waals surface area contributed by atoms with Crippen molar-refractivity contribution in [3.05, 3.63) is 47.7 Å². The molecule has 0 atom stereocenters. The summed E-state index contributed by atoms with van der Waals surface area (Å²) in [6.07, 6.45) is 4.74. The Labute approximate surface area is 106 Å². The molecule has 0 unspecified atom stereocenters. The van der Waals surface area contributed by atoms with Gasteiger partial charge in [-0.15, -0.1) is 0 Å². The van der Waals surface area contributed by atoms with Gasteiger partial charge in [0.15, 0.2) is 5.84 Å². The number of anilines is 1. The monoisotopic (exact) mass is 241 g/mol. The van der Waals surface area contributed by atoms with Crippen LogP contribution in [0.2, 0.25) is 0 Å². The molecule has 2 rings (SSSR count). The zero-order valence-electron chi connectivity index (χ0n) is 10.7. The summed E-state index contributed by atoms with van der Waals surface area (Å²) in [7, 11) is 1.80. The molecule has 0 saturated heterocycles. The molecule has 0 radical (unpaired) electrons. The normalized spacial score (nSPS) is 10.2. The number of nitrogens with one attached hydrogen (secondary N) is 1. The molecular formula is C13H15N5. The first-order valence-corrected chi connectivity index (χ1v) is 5.62. The molecule has 0 amide bonds. The summed E-state index contributed by atoms with van der Waals surface area (Å²) in [5.74, 6) is 1.02. The fourth-order valence-electron chi connectivity index (χ4n) is 1.70. The van der Waals surface area contributed by atoms with Crippen LogP contribution in [-0.4, -0.2) is 27.8 Å². The van der Waals surface area contributed by atoms with Crippen LogP contribution >= 0.6 is 0 Å².